The highest BCUT2D eigenvalue weighted by molar-refractivity contribution is 6.42. The molecule has 0 radical (unpaired) electrons. The average Bonchev–Trinajstić information content (AvgIpc) is 2.40. The Morgan fingerprint density at radius 1 is 1.15 bits per heavy atom. The number of hydrogen-bond donors (Lipinski definition) is 1. The number of hydrogen-bond acceptors (Lipinski definition) is 1. The SMILES string of the molecule is OC(c1ccc(Cl)c(Cl)c1)C1CCCC(C(F)(F)F)C1. The van der Waals surface area contributed by atoms with Crippen LogP contribution in [0.2, 0.25) is 10.0 Å². The summed E-state index contributed by atoms with van der Waals surface area (Å²) in [6, 6.07) is 4.67. The van der Waals surface area contributed by atoms with Gasteiger partial charge in [-0.3, -0.25) is 0 Å². The lowest BCUT2D eigenvalue weighted by atomic mass is 9.77. The first kappa shape index (κ1) is 15.9. The van der Waals surface area contributed by atoms with Crippen molar-refractivity contribution in [3.05, 3.63) is 33.8 Å². The molecule has 20 heavy (non-hydrogen) atoms. The van der Waals surface area contributed by atoms with Crippen molar-refractivity contribution in [2.45, 2.75) is 38.0 Å². The third-order valence-corrected chi connectivity index (χ3v) is 4.65. The number of halogens is 5. The van der Waals surface area contributed by atoms with Gasteiger partial charge in [0.15, 0.2) is 0 Å². The van der Waals surface area contributed by atoms with Crippen LogP contribution in [0.3, 0.4) is 0 Å². The number of aliphatic hydroxyl groups is 1. The molecular weight excluding hydrogens is 312 g/mol. The predicted molar refractivity (Wildman–Crippen MR) is 72.9 cm³/mol. The van der Waals surface area contributed by atoms with Crippen LogP contribution in [0.4, 0.5) is 13.2 Å². The molecule has 1 aliphatic rings. The van der Waals surface area contributed by atoms with Gasteiger partial charge < -0.3 is 5.11 Å². The van der Waals surface area contributed by atoms with Gasteiger partial charge in [-0.25, -0.2) is 0 Å². The Morgan fingerprint density at radius 3 is 2.45 bits per heavy atom. The van der Waals surface area contributed by atoms with Gasteiger partial charge in [0.05, 0.1) is 22.1 Å². The van der Waals surface area contributed by atoms with E-state index in [2.05, 4.69) is 0 Å². The molecule has 0 saturated heterocycles. The van der Waals surface area contributed by atoms with E-state index in [1.54, 1.807) is 12.1 Å². The summed E-state index contributed by atoms with van der Waals surface area (Å²) in [5.41, 5.74) is 0.521. The minimum Gasteiger partial charge on any atom is -0.388 e. The van der Waals surface area contributed by atoms with Crippen molar-refractivity contribution in [3.8, 4) is 0 Å². The average molecular weight is 327 g/mol. The van der Waals surface area contributed by atoms with Gasteiger partial charge in [0.1, 0.15) is 0 Å². The molecule has 1 aromatic rings. The maximum Gasteiger partial charge on any atom is 0.391 e. The number of benzene rings is 1. The molecular formula is C14H15Cl2F3O. The first-order chi connectivity index (χ1) is 9.29. The van der Waals surface area contributed by atoms with Crippen LogP contribution in [0.1, 0.15) is 37.4 Å². The first-order valence-electron chi connectivity index (χ1n) is 6.48. The van der Waals surface area contributed by atoms with Crippen molar-refractivity contribution in [2.75, 3.05) is 0 Å². The zero-order valence-electron chi connectivity index (χ0n) is 10.6. The Labute approximate surface area is 125 Å². The van der Waals surface area contributed by atoms with Crippen LogP contribution < -0.4 is 0 Å². The van der Waals surface area contributed by atoms with Gasteiger partial charge in [-0.05, 0) is 42.9 Å². The van der Waals surface area contributed by atoms with Gasteiger partial charge in [-0.2, -0.15) is 13.2 Å². The van der Waals surface area contributed by atoms with Gasteiger partial charge in [0.25, 0.3) is 0 Å². The molecule has 2 rings (SSSR count). The van der Waals surface area contributed by atoms with Crippen molar-refractivity contribution in [3.63, 3.8) is 0 Å². The fourth-order valence-corrected chi connectivity index (χ4v) is 3.09. The van der Waals surface area contributed by atoms with Gasteiger partial charge in [-0.1, -0.05) is 35.7 Å². The summed E-state index contributed by atoms with van der Waals surface area (Å²) in [6.07, 6.45) is -3.94. The van der Waals surface area contributed by atoms with E-state index in [4.69, 9.17) is 23.2 Å². The van der Waals surface area contributed by atoms with E-state index < -0.39 is 24.1 Å². The molecule has 1 aromatic carbocycles. The minimum atomic E-state index is -4.18. The highest BCUT2D eigenvalue weighted by atomic mass is 35.5. The second-order valence-corrected chi connectivity index (χ2v) is 6.10. The topological polar surface area (TPSA) is 20.2 Å². The molecule has 0 bridgehead atoms. The van der Waals surface area contributed by atoms with Crippen molar-refractivity contribution in [1.82, 2.24) is 0 Å². The van der Waals surface area contributed by atoms with E-state index in [1.807, 2.05) is 0 Å². The Kier molecular flexibility index (Phi) is 4.88. The number of alkyl halides is 3. The lowest BCUT2D eigenvalue weighted by molar-refractivity contribution is -0.189. The lowest BCUT2D eigenvalue weighted by Crippen LogP contribution is -2.31. The molecule has 1 N–H and O–H groups in total. The summed E-state index contributed by atoms with van der Waals surface area (Å²) < 4.78 is 38.3. The van der Waals surface area contributed by atoms with E-state index in [9.17, 15) is 18.3 Å². The van der Waals surface area contributed by atoms with Gasteiger partial charge in [0.2, 0.25) is 0 Å². The van der Waals surface area contributed by atoms with Crippen LogP contribution in [0.15, 0.2) is 18.2 Å². The molecule has 0 spiro atoms. The normalized spacial score (nSPS) is 25.5. The molecule has 1 nitrogen and oxygen atoms in total. The van der Waals surface area contributed by atoms with Crippen LogP contribution in [-0.2, 0) is 0 Å². The highest BCUT2D eigenvalue weighted by Crippen LogP contribution is 2.44. The summed E-state index contributed by atoms with van der Waals surface area (Å²) >= 11 is 11.7. The van der Waals surface area contributed by atoms with Crippen LogP contribution in [0, 0.1) is 11.8 Å². The Balaban J connectivity index is 2.12. The quantitative estimate of drug-likeness (QED) is 0.771. The molecule has 0 heterocycles. The van der Waals surface area contributed by atoms with Crippen LogP contribution >= 0.6 is 23.2 Å². The van der Waals surface area contributed by atoms with Crippen LogP contribution in [0.25, 0.3) is 0 Å². The van der Waals surface area contributed by atoms with Gasteiger partial charge >= 0.3 is 6.18 Å². The second-order valence-electron chi connectivity index (χ2n) is 5.28. The number of rotatable bonds is 2. The summed E-state index contributed by atoms with van der Waals surface area (Å²) in [5.74, 6) is -1.72. The summed E-state index contributed by atoms with van der Waals surface area (Å²) in [5, 5.41) is 10.9. The largest absolute Gasteiger partial charge is 0.391 e. The summed E-state index contributed by atoms with van der Waals surface area (Å²) in [6.45, 7) is 0. The summed E-state index contributed by atoms with van der Waals surface area (Å²) in [7, 11) is 0. The maximum atomic E-state index is 12.8. The molecule has 0 aromatic heterocycles. The summed E-state index contributed by atoms with van der Waals surface area (Å²) in [4.78, 5) is 0. The van der Waals surface area contributed by atoms with Crippen molar-refractivity contribution in [2.24, 2.45) is 11.8 Å². The third kappa shape index (κ3) is 3.60. The van der Waals surface area contributed by atoms with E-state index in [0.717, 1.165) is 0 Å². The molecule has 1 aliphatic carbocycles. The highest BCUT2D eigenvalue weighted by Gasteiger charge is 2.43. The zero-order chi connectivity index (χ0) is 14.9. The maximum absolute atomic E-state index is 12.8. The van der Waals surface area contributed by atoms with Crippen molar-refractivity contribution >= 4 is 23.2 Å². The number of aliphatic hydroxyl groups excluding tert-OH is 1. The van der Waals surface area contributed by atoms with Crippen molar-refractivity contribution < 1.29 is 18.3 Å². The fourth-order valence-electron chi connectivity index (χ4n) is 2.78. The molecule has 0 amide bonds. The molecule has 0 aliphatic heterocycles. The lowest BCUT2D eigenvalue weighted by Gasteiger charge is -2.33. The van der Waals surface area contributed by atoms with E-state index in [-0.39, 0.29) is 12.8 Å². The van der Waals surface area contributed by atoms with Crippen molar-refractivity contribution in [1.29, 1.82) is 0 Å². The Hall–Kier alpha value is -0.450. The van der Waals surface area contributed by atoms with E-state index in [0.29, 0.717) is 28.5 Å². The smallest absolute Gasteiger partial charge is 0.388 e. The molecule has 1 fully saturated rings. The minimum absolute atomic E-state index is 0.0368. The van der Waals surface area contributed by atoms with E-state index in [1.165, 1.54) is 6.07 Å². The second kappa shape index (κ2) is 6.12. The van der Waals surface area contributed by atoms with Crippen LogP contribution in [0.5, 0.6) is 0 Å². The Bertz CT molecular complexity index is 476. The molecule has 1 saturated carbocycles. The third-order valence-electron chi connectivity index (χ3n) is 3.91. The van der Waals surface area contributed by atoms with E-state index >= 15 is 0 Å². The first-order valence-corrected chi connectivity index (χ1v) is 7.24. The zero-order valence-corrected chi connectivity index (χ0v) is 12.1. The Morgan fingerprint density at radius 2 is 1.85 bits per heavy atom. The monoisotopic (exact) mass is 326 g/mol. The predicted octanol–water partition coefficient (Wildman–Crippen LogP) is 5.40. The molecule has 112 valence electrons. The molecule has 3 unspecified atom stereocenters. The van der Waals surface area contributed by atoms with Gasteiger partial charge in [0, 0.05) is 0 Å². The van der Waals surface area contributed by atoms with Gasteiger partial charge in [-0.15, -0.1) is 0 Å². The molecule has 6 heteroatoms. The standard InChI is InChI=1S/C14H15Cl2F3O/c15-11-5-4-9(7-12(11)16)13(20)8-2-1-3-10(6-8)14(17,18)19/h4-5,7-8,10,13,20H,1-3,6H2. The fraction of sp³-hybridized carbons (Fsp3) is 0.571. The molecule has 3 atom stereocenters. The van der Waals surface area contributed by atoms with Crippen LogP contribution in [-0.4, -0.2) is 11.3 Å².